The summed E-state index contributed by atoms with van der Waals surface area (Å²) in [4.78, 5) is 9.00. The van der Waals surface area contributed by atoms with Gasteiger partial charge in [-0.05, 0) is 6.92 Å². The van der Waals surface area contributed by atoms with Crippen LogP contribution in [0.15, 0.2) is 0 Å². The van der Waals surface area contributed by atoms with E-state index in [4.69, 9.17) is 15.0 Å². The second-order valence-electron chi connectivity index (χ2n) is 1.82. The largest absolute Gasteiger partial charge is 0.481 e. The number of ether oxygens (including phenoxy) is 1. The van der Waals surface area contributed by atoms with Gasteiger partial charge in [0, 0.05) is 14.0 Å². The van der Waals surface area contributed by atoms with Gasteiger partial charge in [-0.3, -0.25) is 4.79 Å². The normalized spacial score (nSPS) is 11.2. The van der Waals surface area contributed by atoms with E-state index < -0.39 is 5.97 Å². The van der Waals surface area contributed by atoms with Crippen LogP contribution in [0.3, 0.4) is 0 Å². The highest BCUT2D eigenvalue weighted by atomic mass is 16.5. The fraction of sp³-hybridized carbons (Fsp3) is 0.833. The molecule has 0 fully saturated rings. The molecule has 0 aliphatic rings. The van der Waals surface area contributed by atoms with Crippen molar-refractivity contribution in [1.29, 1.82) is 0 Å². The quantitative estimate of drug-likeness (QED) is 0.586. The molecule has 0 saturated heterocycles. The summed E-state index contributed by atoms with van der Waals surface area (Å²) in [6.07, 6.45) is -0.324. The highest BCUT2D eigenvalue weighted by Crippen LogP contribution is 1.75. The Bertz CT molecular complexity index is 75.8. The molecule has 2 N–H and O–H groups in total. The first kappa shape index (κ1) is 12.1. The molecule has 1 atom stereocenters. The summed E-state index contributed by atoms with van der Waals surface area (Å²) in [6.45, 7) is 3.20. The maximum Gasteiger partial charge on any atom is 0.300 e. The van der Waals surface area contributed by atoms with E-state index in [1.807, 2.05) is 0 Å². The molecule has 0 aromatic rings. The predicted octanol–water partition coefficient (Wildman–Crippen LogP) is 0.104. The van der Waals surface area contributed by atoms with Crippen LogP contribution in [0.4, 0.5) is 0 Å². The molecular weight excluding hydrogens is 136 g/mol. The van der Waals surface area contributed by atoms with Crippen molar-refractivity contribution in [2.24, 2.45) is 0 Å². The standard InChI is InChI=1S/C4H10O2.C2H4O2/c1-4(5)3-6-2;1-2(3)4/h4-5H,3H2,1-2H3;1H3,(H,3,4)/t4-;/m0./s1. The number of carboxylic acid groups (broad SMARTS) is 1. The molecule has 0 amide bonds. The van der Waals surface area contributed by atoms with Gasteiger partial charge >= 0.3 is 0 Å². The minimum absolute atomic E-state index is 0.324. The van der Waals surface area contributed by atoms with E-state index in [-0.39, 0.29) is 6.10 Å². The van der Waals surface area contributed by atoms with Crippen LogP contribution >= 0.6 is 0 Å². The smallest absolute Gasteiger partial charge is 0.300 e. The SMILES string of the molecule is CC(=O)O.COC[C@H](C)O. The first-order valence-electron chi connectivity index (χ1n) is 2.87. The summed E-state index contributed by atoms with van der Waals surface area (Å²) >= 11 is 0. The molecule has 10 heavy (non-hydrogen) atoms. The summed E-state index contributed by atoms with van der Waals surface area (Å²) in [5, 5.41) is 15.8. The van der Waals surface area contributed by atoms with Crippen molar-refractivity contribution in [2.75, 3.05) is 13.7 Å². The van der Waals surface area contributed by atoms with Gasteiger partial charge in [0.25, 0.3) is 5.97 Å². The lowest BCUT2D eigenvalue weighted by molar-refractivity contribution is -0.134. The molecule has 0 aromatic carbocycles. The summed E-state index contributed by atoms with van der Waals surface area (Å²) in [5.74, 6) is -0.833. The minimum atomic E-state index is -0.833. The lowest BCUT2D eigenvalue weighted by Gasteiger charge is -1.97. The predicted molar refractivity (Wildman–Crippen MR) is 36.9 cm³/mol. The molecule has 0 heterocycles. The van der Waals surface area contributed by atoms with Crippen molar-refractivity contribution in [1.82, 2.24) is 0 Å². The molecule has 0 unspecified atom stereocenters. The Hall–Kier alpha value is -0.610. The molecule has 4 heteroatoms. The van der Waals surface area contributed by atoms with Crippen LogP contribution in [-0.2, 0) is 9.53 Å². The Balaban J connectivity index is 0. The number of rotatable bonds is 2. The van der Waals surface area contributed by atoms with Crippen molar-refractivity contribution >= 4 is 5.97 Å². The van der Waals surface area contributed by atoms with Crippen LogP contribution in [0.2, 0.25) is 0 Å². The number of aliphatic hydroxyl groups excluding tert-OH is 1. The van der Waals surface area contributed by atoms with Gasteiger partial charge in [-0.2, -0.15) is 0 Å². The zero-order valence-corrected chi connectivity index (χ0v) is 6.50. The van der Waals surface area contributed by atoms with Crippen LogP contribution < -0.4 is 0 Å². The van der Waals surface area contributed by atoms with E-state index in [0.29, 0.717) is 6.61 Å². The Morgan fingerprint density at radius 3 is 2.00 bits per heavy atom. The number of carboxylic acids is 1. The van der Waals surface area contributed by atoms with Crippen molar-refractivity contribution in [2.45, 2.75) is 20.0 Å². The van der Waals surface area contributed by atoms with Gasteiger partial charge in [0.1, 0.15) is 0 Å². The minimum Gasteiger partial charge on any atom is -0.481 e. The third-order valence-electron chi connectivity index (χ3n) is 0.408. The Morgan fingerprint density at radius 2 is 2.00 bits per heavy atom. The lowest BCUT2D eigenvalue weighted by atomic mass is 10.5. The Kier molecular flexibility index (Phi) is 10.2. The van der Waals surface area contributed by atoms with Crippen LogP contribution in [0.25, 0.3) is 0 Å². The fourth-order valence-corrected chi connectivity index (χ4v) is 0.241. The average molecular weight is 150 g/mol. The summed E-state index contributed by atoms with van der Waals surface area (Å²) < 4.78 is 4.55. The van der Waals surface area contributed by atoms with E-state index in [0.717, 1.165) is 6.92 Å². The molecule has 0 spiro atoms. The number of aliphatic hydroxyl groups is 1. The highest BCUT2D eigenvalue weighted by Gasteiger charge is 1.87. The molecule has 0 rings (SSSR count). The topological polar surface area (TPSA) is 66.8 Å². The molecule has 0 aliphatic carbocycles. The van der Waals surface area contributed by atoms with E-state index >= 15 is 0 Å². The zero-order chi connectivity index (χ0) is 8.57. The van der Waals surface area contributed by atoms with Gasteiger partial charge < -0.3 is 14.9 Å². The van der Waals surface area contributed by atoms with Crippen molar-refractivity contribution in [3.05, 3.63) is 0 Å². The van der Waals surface area contributed by atoms with Crippen molar-refractivity contribution in [3.63, 3.8) is 0 Å². The van der Waals surface area contributed by atoms with E-state index in [1.54, 1.807) is 14.0 Å². The maximum absolute atomic E-state index is 9.00. The molecule has 0 saturated carbocycles. The number of aliphatic carboxylic acids is 1. The second kappa shape index (κ2) is 8.39. The summed E-state index contributed by atoms with van der Waals surface area (Å²) in [5.41, 5.74) is 0. The maximum atomic E-state index is 9.00. The molecule has 0 bridgehead atoms. The first-order chi connectivity index (χ1) is 4.50. The Labute approximate surface area is 60.4 Å². The third-order valence-corrected chi connectivity index (χ3v) is 0.408. The van der Waals surface area contributed by atoms with Gasteiger partial charge in [-0.25, -0.2) is 0 Å². The summed E-state index contributed by atoms with van der Waals surface area (Å²) in [6, 6.07) is 0. The molecule has 4 nitrogen and oxygen atoms in total. The number of hydrogen-bond acceptors (Lipinski definition) is 3. The van der Waals surface area contributed by atoms with Crippen molar-refractivity contribution in [3.8, 4) is 0 Å². The van der Waals surface area contributed by atoms with Gasteiger partial charge in [-0.1, -0.05) is 0 Å². The molecular formula is C6H14O4. The average Bonchev–Trinajstić information content (AvgIpc) is 1.62. The van der Waals surface area contributed by atoms with Gasteiger partial charge in [0.15, 0.2) is 0 Å². The van der Waals surface area contributed by atoms with E-state index in [9.17, 15) is 0 Å². The Morgan fingerprint density at radius 1 is 1.70 bits per heavy atom. The van der Waals surface area contributed by atoms with Gasteiger partial charge in [0.2, 0.25) is 0 Å². The van der Waals surface area contributed by atoms with Crippen LogP contribution in [-0.4, -0.2) is 36.0 Å². The first-order valence-corrected chi connectivity index (χ1v) is 2.87. The van der Waals surface area contributed by atoms with Crippen LogP contribution in [0.1, 0.15) is 13.8 Å². The van der Waals surface area contributed by atoms with E-state index in [1.165, 1.54) is 0 Å². The molecule has 0 radical (unpaired) electrons. The second-order valence-corrected chi connectivity index (χ2v) is 1.82. The molecule has 0 aromatic heterocycles. The molecule has 62 valence electrons. The fourth-order valence-electron chi connectivity index (χ4n) is 0.241. The lowest BCUT2D eigenvalue weighted by Crippen LogP contribution is -2.07. The number of hydrogen-bond donors (Lipinski definition) is 2. The third kappa shape index (κ3) is 52.8. The highest BCUT2D eigenvalue weighted by molar-refractivity contribution is 5.62. The van der Waals surface area contributed by atoms with Crippen LogP contribution in [0, 0.1) is 0 Å². The van der Waals surface area contributed by atoms with Crippen molar-refractivity contribution < 1.29 is 19.7 Å². The van der Waals surface area contributed by atoms with Gasteiger partial charge in [-0.15, -0.1) is 0 Å². The zero-order valence-electron chi connectivity index (χ0n) is 6.50. The van der Waals surface area contributed by atoms with Gasteiger partial charge in [0.05, 0.1) is 12.7 Å². The summed E-state index contributed by atoms with van der Waals surface area (Å²) in [7, 11) is 1.56. The molecule has 0 aliphatic heterocycles. The van der Waals surface area contributed by atoms with Crippen LogP contribution in [0.5, 0.6) is 0 Å². The number of methoxy groups -OCH3 is 1. The number of carbonyl (C=O) groups is 1. The van der Waals surface area contributed by atoms with E-state index in [2.05, 4.69) is 4.74 Å². The monoisotopic (exact) mass is 150 g/mol.